The zero-order valence-corrected chi connectivity index (χ0v) is 13.5. The van der Waals surface area contributed by atoms with E-state index in [1.807, 2.05) is 0 Å². The van der Waals surface area contributed by atoms with Crippen molar-refractivity contribution >= 4 is 22.8 Å². The SMILES string of the molecule is CN(C(=O)c1cc(F)cc2cccnc12)C1(C(=O)O)CCCCC1. The monoisotopic (exact) mass is 330 g/mol. The second-order valence-corrected chi connectivity index (χ2v) is 6.29. The molecule has 0 unspecified atom stereocenters. The number of benzene rings is 1. The van der Waals surface area contributed by atoms with E-state index in [0.29, 0.717) is 23.7 Å². The third kappa shape index (κ3) is 2.62. The molecule has 5 nitrogen and oxygen atoms in total. The van der Waals surface area contributed by atoms with Crippen LogP contribution in [0, 0.1) is 5.82 Å². The average Bonchev–Trinajstić information content (AvgIpc) is 2.60. The lowest BCUT2D eigenvalue weighted by Crippen LogP contribution is -2.56. The maximum Gasteiger partial charge on any atom is 0.329 e. The molecule has 1 aromatic carbocycles. The van der Waals surface area contributed by atoms with Crippen LogP contribution in [0.1, 0.15) is 42.5 Å². The van der Waals surface area contributed by atoms with Crippen molar-refractivity contribution in [3.05, 3.63) is 41.8 Å². The Kier molecular flexibility index (Phi) is 4.22. The second kappa shape index (κ2) is 6.19. The Hall–Kier alpha value is -2.50. The van der Waals surface area contributed by atoms with E-state index in [1.165, 1.54) is 24.2 Å². The summed E-state index contributed by atoms with van der Waals surface area (Å²) >= 11 is 0. The summed E-state index contributed by atoms with van der Waals surface area (Å²) in [6, 6.07) is 5.79. The molecule has 0 radical (unpaired) electrons. The Balaban J connectivity index is 2.06. The van der Waals surface area contributed by atoms with Crippen molar-refractivity contribution in [2.24, 2.45) is 0 Å². The first kappa shape index (κ1) is 16.4. The highest BCUT2D eigenvalue weighted by atomic mass is 19.1. The van der Waals surface area contributed by atoms with Crippen LogP contribution in [0.5, 0.6) is 0 Å². The van der Waals surface area contributed by atoms with Gasteiger partial charge in [0.05, 0.1) is 11.1 Å². The van der Waals surface area contributed by atoms with Gasteiger partial charge in [0.15, 0.2) is 0 Å². The van der Waals surface area contributed by atoms with E-state index in [4.69, 9.17) is 0 Å². The second-order valence-electron chi connectivity index (χ2n) is 6.29. The molecule has 24 heavy (non-hydrogen) atoms. The number of likely N-dealkylation sites (N-methyl/N-ethyl adjacent to an activating group) is 1. The topological polar surface area (TPSA) is 70.5 Å². The van der Waals surface area contributed by atoms with Gasteiger partial charge >= 0.3 is 5.97 Å². The minimum absolute atomic E-state index is 0.0966. The number of carbonyl (C=O) groups excluding carboxylic acids is 1. The largest absolute Gasteiger partial charge is 0.479 e. The van der Waals surface area contributed by atoms with E-state index < -0.39 is 23.2 Å². The first-order chi connectivity index (χ1) is 11.5. The van der Waals surface area contributed by atoms with Gasteiger partial charge in [-0.05, 0) is 31.0 Å². The summed E-state index contributed by atoms with van der Waals surface area (Å²) in [6.45, 7) is 0. The van der Waals surface area contributed by atoms with Crippen LogP contribution < -0.4 is 0 Å². The van der Waals surface area contributed by atoms with E-state index in [-0.39, 0.29) is 5.56 Å². The van der Waals surface area contributed by atoms with Gasteiger partial charge in [-0.3, -0.25) is 9.78 Å². The quantitative estimate of drug-likeness (QED) is 0.938. The van der Waals surface area contributed by atoms with Gasteiger partial charge in [0.25, 0.3) is 5.91 Å². The van der Waals surface area contributed by atoms with Crippen LogP contribution in [0.2, 0.25) is 0 Å². The zero-order chi connectivity index (χ0) is 17.3. The summed E-state index contributed by atoms with van der Waals surface area (Å²) < 4.78 is 13.9. The average molecular weight is 330 g/mol. The van der Waals surface area contributed by atoms with Crippen LogP contribution in [-0.2, 0) is 4.79 Å². The molecule has 126 valence electrons. The van der Waals surface area contributed by atoms with Crippen LogP contribution in [0.4, 0.5) is 4.39 Å². The van der Waals surface area contributed by atoms with Gasteiger partial charge in [-0.2, -0.15) is 0 Å². The summed E-state index contributed by atoms with van der Waals surface area (Å²) in [5.74, 6) is -2.06. The van der Waals surface area contributed by atoms with Gasteiger partial charge in [0.1, 0.15) is 11.4 Å². The number of carbonyl (C=O) groups is 2. The molecule has 0 saturated heterocycles. The molecule has 1 fully saturated rings. The van der Waals surface area contributed by atoms with Crippen LogP contribution >= 0.6 is 0 Å². The molecule has 0 bridgehead atoms. The fraction of sp³-hybridized carbons (Fsp3) is 0.389. The van der Waals surface area contributed by atoms with Crippen molar-refractivity contribution in [1.29, 1.82) is 0 Å². The highest BCUT2D eigenvalue weighted by Gasteiger charge is 2.45. The molecule has 1 saturated carbocycles. The van der Waals surface area contributed by atoms with E-state index in [9.17, 15) is 19.1 Å². The van der Waals surface area contributed by atoms with Crippen LogP contribution in [0.3, 0.4) is 0 Å². The lowest BCUT2D eigenvalue weighted by atomic mass is 9.80. The maximum absolute atomic E-state index is 13.9. The molecule has 3 rings (SSSR count). The van der Waals surface area contributed by atoms with Crippen molar-refractivity contribution in [3.8, 4) is 0 Å². The van der Waals surface area contributed by atoms with Crippen molar-refractivity contribution in [1.82, 2.24) is 9.88 Å². The summed E-state index contributed by atoms with van der Waals surface area (Å²) in [5.41, 5.74) is -0.755. The lowest BCUT2D eigenvalue weighted by molar-refractivity contribution is -0.151. The van der Waals surface area contributed by atoms with E-state index in [0.717, 1.165) is 25.3 Å². The number of hydrogen-bond acceptors (Lipinski definition) is 3. The standard InChI is InChI=1S/C18H19FN2O3/c1-21(18(17(23)24)7-3-2-4-8-18)16(22)14-11-13(19)10-12-6-5-9-20-15(12)14/h5-6,9-11H,2-4,7-8H2,1H3,(H,23,24). The fourth-order valence-electron chi connectivity index (χ4n) is 3.52. The minimum Gasteiger partial charge on any atom is -0.479 e. The number of fused-ring (bicyclic) bond motifs is 1. The molecule has 0 atom stereocenters. The Morgan fingerprint density at radius 2 is 1.96 bits per heavy atom. The molecule has 1 heterocycles. The summed E-state index contributed by atoms with van der Waals surface area (Å²) in [4.78, 5) is 30.3. The van der Waals surface area contributed by atoms with Gasteiger partial charge in [-0.1, -0.05) is 25.3 Å². The number of rotatable bonds is 3. The summed E-state index contributed by atoms with van der Waals surface area (Å²) in [6.07, 6.45) is 4.82. The minimum atomic E-state index is -1.23. The molecular weight excluding hydrogens is 311 g/mol. The third-order valence-corrected chi connectivity index (χ3v) is 4.93. The molecule has 6 heteroatoms. The molecule has 2 aromatic rings. The Morgan fingerprint density at radius 3 is 2.62 bits per heavy atom. The van der Waals surface area contributed by atoms with Crippen molar-refractivity contribution in [3.63, 3.8) is 0 Å². The molecule has 1 aliphatic rings. The van der Waals surface area contributed by atoms with Crippen LogP contribution in [0.15, 0.2) is 30.5 Å². The number of hydrogen-bond donors (Lipinski definition) is 1. The van der Waals surface area contributed by atoms with E-state index in [2.05, 4.69) is 4.98 Å². The maximum atomic E-state index is 13.9. The molecule has 1 amide bonds. The molecule has 0 spiro atoms. The predicted molar refractivity (Wildman–Crippen MR) is 87.2 cm³/mol. The Morgan fingerprint density at radius 1 is 1.25 bits per heavy atom. The Bertz CT molecular complexity index is 800. The predicted octanol–water partition coefficient (Wildman–Crippen LogP) is 3.23. The fourth-order valence-corrected chi connectivity index (χ4v) is 3.52. The lowest BCUT2D eigenvalue weighted by Gasteiger charge is -2.41. The van der Waals surface area contributed by atoms with Crippen LogP contribution in [0.25, 0.3) is 10.9 Å². The van der Waals surface area contributed by atoms with Gasteiger partial charge in [0.2, 0.25) is 0 Å². The number of amides is 1. The molecule has 1 aromatic heterocycles. The number of aromatic nitrogens is 1. The van der Waals surface area contributed by atoms with Gasteiger partial charge < -0.3 is 10.0 Å². The first-order valence-corrected chi connectivity index (χ1v) is 8.01. The van der Waals surface area contributed by atoms with Gasteiger partial charge in [0, 0.05) is 18.6 Å². The van der Waals surface area contributed by atoms with E-state index in [1.54, 1.807) is 12.1 Å². The number of nitrogens with zero attached hydrogens (tertiary/aromatic N) is 2. The zero-order valence-electron chi connectivity index (χ0n) is 13.5. The number of aliphatic carboxylic acids is 1. The van der Waals surface area contributed by atoms with Crippen LogP contribution in [-0.4, -0.2) is 39.5 Å². The third-order valence-electron chi connectivity index (χ3n) is 4.93. The summed E-state index contributed by atoms with van der Waals surface area (Å²) in [7, 11) is 1.49. The molecule has 1 aliphatic carbocycles. The number of halogens is 1. The normalized spacial score (nSPS) is 16.8. The molecule has 0 aliphatic heterocycles. The van der Waals surface area contributed by atoms with E-state index >= 15 is 0 Å². The molecule has 1 N–H and O–H groups in total. The van der Waals surface area contributed by atoms with Crippen molar-refractivity contribution < 1.29 is 19.1 Å². The van der Waals surface area contributed by atoms with Crippen molar-refractivity contribution in [2.75, 3.05) is 7.05 Å². The Labute approximate surface area is 139 Å². The number of pyridine rings is 1. The highest BCUT2D eigenvalue weighted by Crippen LogP contribution is 2.35. The van der Waals surface area contributed by atoms with Gasteiger partial charge in [-0.15, -0.1) is 0 Å². The number of carboxylic acid groups (broad SMARTS) is 1. The van der Waals surface area contributed by atoms with Gasteiger partial charge in [-0.25, -0.2) is 9.18 Å². The summed E-state index contributed by atoms with van der Waals surface area (Å²) in [5, 5.41) is 10.3. The number of carboxylic acids is 1. The molecular formula is C18H19FN2O3. The van der Waals surface area contributed by atoms with Crippen molar-refractivity contribution in [2.45, 2.75) is 37.6 Å². The highest BCUT2D eigenvalue weighted by molar-refractivity contribution is 6.06. The smallest absolute Gasteiger partial charge is 0.329 e. The first-order valence-electron chi connectivity index (χ1n) is 8.01.